The third-order valence-corrected chi connectivity index (χ3v) is 3.33. The molecule has 0 radical (unpaired) electrons. The van der Waals surface area contributed by atoms with E-state index in [0.29, 0.717) is 0 Å². The SMILES string of the molecule is CCCC[N+]1(C)CCNCC1C. The number of piperazine rings is 1. The predicted molar refractivity (Wildman–Crippen MR) is 53.2 cm³/mol. The quantitative estimate of drug-likeness (QED) is 0.630. The van der Waals surface area contributed by atoms with E-state index >= 15 is 0 Å². The van der Waals surface area contributed by atoms with E-state index in [2.05, 4.69) is 26.2 Å². The molecule has 0 aromatic heterocycles. The van der Waals surface area contributed by atoms with Crippen molar-refractivity contribution in [3.8, 4) is 0 Å². The van der Waals surface area contributed by atoms with Gasteiger partial charge in [0, 0.05) is 13.1 Å². The fraction of sp³-hybridized carbons (Fsp3) is 1.00. The highest BCUT2D eigenvalue weighted by atomic mass is 15.4. The normalized spacial score (nSPS) is 36.8. The molecular formula is C10H23N2+. The van der Waals surface area contributed by atoms with Crippen LogP contribution < -0.4 is 5.32 Å². The highest BCUT2D eigenvalue weighted by Crippen LogP contribution is 2.13. The van der Waals surface area contributed by atoms with Crippen molar-refractivity contribution in [1.82, 2.24) is 5.32 Å². The highest BCUT2D eigenvalue weighted by molar-refractivity contribution is 4.63. The lowest BCUT2D eigenvalue weighted by Gasteiger charge is -2.43. The Balaban J connectivity index is 2.42. The highest BCUT2D eigenvalue weighted by Gasteiger charge is 2.30. The maximum absolute atomic E-state index is 3.45. The molecule has 2 unspecified atom stereocenters. The van der Waals surface area contributed by atoms with Gasteiger partial charge >= 0.3 is 0 Å². The molecule has 0 saturated carbocycles. The van der Waals surface area contributed by atoms with Crippen LogP contribution in [0, 0.1) is 0 Å². The molecule has 0 amide bonds. The number of unbranched alkanes of at least 4 members (excludes halogenated alkanes) is 1. The van der Waals surface area contributed by atoms with Gasteiger partial charge < -0.3 is 9.80 Å². The molecule has 1 N–H and O–H groups in total. The first kappa shape index (κ1) is 10.0. The summed E-state index contributed by atoms with van der Waals surface area (Å²) in [6.07, 6.45) is 2.70. The zero-order valence-corrected chi connectivity index (χ0v) is 8.77. The van der Waals surface area contributed by atoms with Crippen molar-refractivity contribution in [2.45, 2.75) is 32.7 Å². The Bertz CT molecular complexity index is 136. The van der Waals surface area contributed by atoms with E-state index in [1.165, 1.54) is 43.5 Å². The first-order valence-electron chi connectivity index (χ1n) is 5.24. The molecule has 1 aliphatic rings. The summed E-state index contributed by atoms with van der Waals surface area (Å²) in [6.45, 7) is 9.70. The average molecular weight is 171 g/mol. The van der Waals surface area contributed by atoms with Crippen LogP contribution in [-0.4, -0.2) is 43.8 Å². The van der Waals surface area contributed by atoms with Crippen molar-refractivity contribution in [3.05, 3.63) is 0 Å². The molecule has 2 nitrogen and oxygen atoms in total. The second-order valence-electron chi connectivity index (χ2n) is 4.33. The molecule has 1 heterocycles. The van der Waals surface area contributed by atoms with Gasteiger partial charge in [-0.25, -0.2) is 0 Å². The topological polar surface area (TPSA) is 12.0 Å². The Hall–Kier alpha value is -0.0800. The number of rotatable bonds is 3. The monoisotopic (exact) mass is 171 g/mol. The molecule has 0 aromatic carbocycles. The minimum Gasteiger partial charge on any atom is -0.322 e. The molecule has 2 heteroatoms. The lowest BCUT2D eigenvalue weighted by Crippen LogP contribution is -2.61. The molecule has 0 aliphatic carbocycles. The minimum absolute atomic E-state index is 0.797. The van der Waals surface area contributed by atoms with Crippen LogP contribution in [0.5, 0.6) is 0 Å². The second-order valence-corrected chi connectivity index (χ2v) is 4.33. The average Bonchev–Trinajstić information content (AvgIpc) is 2.07. The molecule has 0 aromatic rings. The van der Waals surface area contributed by atoms with Crippen molar-refractivity contribution in [1.29, 1.82) is 0 Å². The van der Waals surface area contributed by atoms with Gasteiger partial charge in [0.05, 0.1) is 26.2 Å². The molecule has 1 saturated heterocycles. The fourth-order valence-corrected chi connectivity index (χ4v) is 1.94. The van der Waals surface area contributed by atoms with Gasteiger partial charge in [-0.1, -0.05) is 13.3 Å². The first-order valence-corrected chi connectivity index (χ1v) is 5.24. The molecule has 0 bridgehead atoms. The summed E-state index contributed by atoms with van der Waals surface area (Å²) in [5.74, 6) is 0. The number of likely N-dealkylation sites (N-methyl/N-ethyl adjacent to an activating group) is 1. The summed E-state index contributed by atoms with van der Waals surface area (Å²) in [5, 5.41) is 3.45. The van der Waals surface area contributed by atoms with Crippen LogP contribution >= 0.6 is 0 Å². The Morgan fingerprint density at radius 3 is 2.83 bits per heavy atom. The number of hydrogen-bond donors (Lipinski definition) is 1. The molecule has 72 valence electrons. The van der Waals surface area contributed by atoms with E-state index in [0.717, 1.165) is 6.04 Å². The van der Waals surface area contributed by atoms with Crippen molar-refractivity contribution in [2.24, 2.45) is 0 Å². The van der Waals surface area contributed by atoms with Gasteiger partial charge in [0.1, 0.15) is 0 Å². The Morgan fingerprint density at radius 1 is 1.50 bits per heavy atom. The summed E-state index contributed by atoms with van der Waals surface area (Å²) in [5.41, 5.74) is 0. The smallest absolute Gasteiger partial charge is 0.0986 e. The van der Waals surface area contributed by atoms with Gasteiger partial charge in [0.2, 0.25) is 0 Å². The first-order chi connectivity index (χ1) is 5.69. The fourth-order valence-electron chi connectivity index (χ4n) is 1.94. The zero-order chi connectivity index (χ0) is 9.03. The van der Waals surface area contributed by atoms with Gasteiger partial charge in [-0.2, -0.15) is 0 Å². The number of nitrogens with zero attached hydrogens (tertiary/aromatic N) is 1. The Labute approximate surface area is 76.5 Å². The van der Waals surface area contributed by atoms with E-state index in [4.69, 9.17) is 0 Å². The van der Waals surface area contributed by atoms with Crippen molar-refractivity contribution >= 4 is 0 Å². The van der Waals surface area contributed by atoms with Gasteiger partial charge in [-0.05, 0) is 13.3 Å². The zero-order valence-electron chi connectivity index (χ0n) is 8.77. The third-order valence-electron chi connectivity index (χ3n) is 3.33. The van der Waals surface area contributed by atoms with Crippen LogP contribution in [0.1, 0.15) is 26.7 Å². The largest absolute Gasteiger partial charge is 0.322 e. The standard InChI is InChI=1S/C10H23N2/c1-4-5-7-12(3)8-6-11-9-10(12)2/h10-11H,4-9H2,1-3H3/q+1. The molecule has 1 fully saturated rings. The number of nitrogens with one attached hydrogen (secondary N) is 1. The molecule has 1 aliphatic heterocycles. The summed E-state index contributed by atoms with van der Waals surface area (Å²) in [4.78, 5) is 0. The van der Waals surface area contributed by atoms with Crippen LogP contribution in [0.2, 0.25) is 0 Å². The van der Waals surface area contributed by atoms with Gasteiger partial charge in [0.15, 0.2) is 0 Å². The van der Waals surface area contributed by atoms with Gasteiger partial charge in [-0.15, -0.1) is 0 Å². The van der Waals surface area contributed by atoms with E-state index < -0.39 is 0 Å². The maximum atomic E-state index is 3.45. The maximum Gasteiger partial charge on any atom is 0.0986 e. The molecule has 12 heavy (non-hydrogen) atoms. The summed E-state index contributed by atoms with van der Waals surface area (Å²) < 4.78 is 1.28. The van der Waals surface area contributed by atoms with Crippen molar-refractivity contribution in [2.75, 3.05) is 33.2 Å². The summed E-state index contributed by atoms with van der Waals surface area (Å²) in [7, 11) is 2.40. The molecular weight excluding hydrogens is 148 g/mol. The molecule has 2 atom stereocenters. The summed E-state index contributed by atoms with van der Waals surface area (Å²) in [6, 6.07) is 0.797. The van der Waals surface area contributed by atoms with Crippen LogP contribution in [-0.2, 0) is 0 Å². The third kappa shape index (κ3) is 2.20. The second kappa shape index (κ2) is 4.24. The van der Waals surface area contributed by atoms with Gasteiger partial charge in [-0.3, -0.25) is 0 Å². The Morgan fingerprint density at radius 2 is 2.25 bits per heavy atom. The van der Waals surface area contributed by atoms with Gasteiger partial charge in [0.25, 0.3) is 0 Å². The number of hydrogen-bond acceptors (Lipinski definition) is 1. The molecule has 1 rings (SSSR count). The van der Waals surface area contributed by atoms with Crippen LogP contribution in [0.3, 0.4) is 0 Å². The minimum atomic E-state index is 0.797. The predicted octanol–water partition coefficient (Wildman–Crippen LogP) is 1.22. The lowest BCUT2D eigenvalue weighted by atomic mass is 10.1. The van der Waals surface area contributed by atoms with E-state index in [-0.39, 0.29) is 0 Å². The van der Waals surface area contributed by atoms with Crippen molar-refractivity contribution in [3.63, 3.8) is 0 Å². The van der Waals surface area contributed by atoms with Crippen LogP contribution in [0.15, 0.2) is 0 Å². The lowest BCUT2D eigenvalue weighted by molar-refractivity contribution is -0.933. The number of quaternary nitrogens is 1. The van der Waals surface area contributed by atoms with Crippen molar-refractivity contribution < 1.29 is 4.48 Å². The van der Waals surface area contributed by atoms with Crippen LogP contribution in [0.25, 0.3) is 0 Å². The summed E-state index contributed by atoms with van der Waals surface area (Å²) >= 11 is 0. The van der Waals surface area contributed by atoms with E-state index in [9.17, 15) is 0 Å². The van der Waals surface area contributed by atoms with Crippen LogP contribution in [0.4, 0.5) is 0 Å². The Kier molecular flexibility index (Phi) is 3.53. The molecule has 0 spiro atoms. The van der Waals surface area contributed by atoms with E-state index in [1.54, 1.807) is 0 Å². The van der Waals surface area contributed by atoms with E-state index in [1.807, 2.05) is 0 Å².